The molecule has 14 heavy (non-hydrogen) atoms. The number of hydrogen-bond donors (Lipinski definition) is 3. The van der Waals surface area contributed by atoms with E-state index in [-0.39, 0.29) is 5.91 Å². The zero-order valence-electron chi connectivity index (χ0n) is 8.38. The first kappa shape index (κ1) is 9.93. The first-order valence-electron chi connectivity index (χ1n) is 5.40. The van der Waals surface area contributed by atoms with Gasteiger partial charge in [0, 0.05) is 12.6 Å². The van der Waals surface area contributed by atoms with Crippen molar-refractivity contribution in [2.24, 2.45) is 0 Å². The predicted molar refractivity (Wildman–Crippen MR) is 52.8 cm³/mol. The van der Waals surface area contributed by atoms with E-state index in [4.69, 9.17) is 0 Å². The van der Waals surface area contributed by atoms with Crippen LogP contribution >= 0.6 is 0 Å². The molecule has 0 aromatic heterocycles. The van der Waals surface area contributed by atoms with Crippen molar-refractivity contribution in [2.45, 2.75) is 43.7 Å². The van der Waals surface area contributed by atoms with Gasteiger partial charge in [-0.3, -0.25) is 4.79 Å². The normalized spacial score (nSPS) is 24.1. The summed E-state index contributed by atoms with van der Waals surface area (Å²) in [6.07, 6.45) is 5.08. The zero-order valence-corrected chi connectivity index (χ0v) is 8.38. The van der Waals surface area contributed by atoms with Crippen LogP contribution in [0.4, 0.5) is 0 Å². The van der Waals surface area contributed by atoms with Crippen molar-refractivity contribution in [1.29, 1.82) is 0 Å². The maximum Gasteiger partial charge on any atom is 0.234 e. The molecule has 2 aliphatic rings. The Morgan fingerprint density at radius 2 is 2.14 bits per heavy atom. The Hall–Kier alpha value is -0.610. The van der Waals surface area contributed by atoms with Gasteiger partial charge in [-0.05, 0) is 32.1 Å². The minimum Gasteiger partial charge on any atom is -0.389 e. The van der Waals surface area contributed by atoms with Gasteiger partial charge in [0.15, 0.2) is 0 Å². The van der Waals surface area contributed by atoms with Crippen LogP contribution in [0.1, 0.15) is 32.1 Å². The summed E-state index contributed by atoms with van der Waals surface area (Å²) in [6, 6.07) is 0.427. The molecule has 2 aliphatic carbocycles. The molecule has 4 heteroatoms. The van der Waals surface area contributed by atoms with Gasteiger partial charge in [-0.2, -0.15) is 0 Å². The number of hydrogen-bond acceptors (Lipinski definition) is 3. The quantitative estimate of drug-likeness (QED) is 0.572. The van der Waals surface area contributed by atoms with E-state index in [1.165, 1.54) is 0 Å². The number of amides is 1. The minimum absolute atomic E-state index is 0.0513. The van der Waals surface area contributed by atoms with Crippen LogP contribution in [0, 0.1) is 0 Å². The third-order valence-electron chi connectivity index (χ3n) is 2.97. The molecular formula is C10H18N2O2. The lowest BCUT2D eigenvalue weighted by Crippen LogP contribution is -2.48. The highest BCUT2D eigenvalue weighted by Crippen LogP contribution is 2.30. The molecule has 4 nitrogen and oxygen atoms in total. The average Bonchev–Trinajstić information content (AvgIpc) is 2.85. The van der Waals surface area contributed by atoms with Crippen molar-refractivity contribution in [1.82, 2.24) is 10.6 Å². The molecule has 2 rings (SSSR count). The lowest BCUT2D eigenvalue weighted by Gasteiger charge is -2.36. The molecule has 0 aromatic carbocycles. The second-order valence-corrected chi connectivity index (χ2v) is 4.52. The fourth-order valence-electron chi connectivity index (χ4n) is 1.68. The van der Waals surface area contributed by atoms with Gasteiger partial charge in [0.2, 0.25) is 5.91 Å². The van der Waals surface area contributed by atoms with Crippen molar-refractivity contribution in [2.75, 3.05) is 13.1 Å². The Kier molecular flexibility index (Phi) is 2.74. The smallest absolute Gasteiger partial charge is 0.234 e. The van der Waals surface area contributed by atoms with Gasteiger partial charge in [-0.25, -0.2) is 0 Å². The lowest BCUT2D eigenvalue weighted by molar-refractivity contribution is -0.120. The summed E-state index contributed by atoms with van der Waals surface area (Å²) in [6.45, 7) is 0.879. The second kappa shape index (κ2) is 3.87. The molecule has 3 N–H and O–H groups in total. The molecule has 0 aliphatic heterocycles. The fraction of sp³-hybridized carbons (Fsp3) is 0.900. The van der Waals surface area contributed by atoms with Crippen LogP contribution in [0.2, 0.25) is 0 Å². The van der Waals surface area contributed by atoms with E-state index in [1.807, 2.05) is 0 Å². The van der Waals surface area contributed by atoms with E-state index >= 15 is 0 Å². The van der Waals surface area contributed by atoms with E-state index in [0.717, 1.165) is 32.1 Å². The van der Waals surface area contributed by atoms with E-state index in [2.05, 4.69) is 10.6 Å². The van der Waals surface area contributed by atoms with Crippen molar-refractivity contribution in [3.8, 4) is 0 Å². The van der Waals surface area contributed by atoms with Crippen LogP contribution < -0.4 is 10.6 Å². The van der Waals surface area contributed by atoms with Crippen molar-refractivity contribution in [3.05, 3.63) is 0 Å². The van der Waals surface area contributed by atoms with Crippen molar-refractivity contribution >= 4 is 5.91 Å². The maximum absolute atomic E-state index is 11.2. The van der Waals surface area contributed by atoms with Gasteiger partial charge in [0.1, 0.15) is 0 Å². The van der Waals surface area contributed by atoms with Gasteiger partial charge in [-0.15, -0.1) is 0 Å². The van der Waals surface area contributed by atoms with Crippen molar-refractivity contribution in [3.63, 3.8) is 0 Å². The van der Waals surface area contributed by atoms with Crippen LogP contribution in [0.25, 0.3) is 0 Å². The molecular weight excluding hydrogens is 180 g/mol. The summed E-state index contributed by atoms with van der Waals surface area (Å²) in [5.41, 5.74) is -0.528. The predicted octanol–water partition coefficient (Wildman–Crippen LogP) is -0.230. The third-order valence-corrected chi connectivity index (χ3v) is 2.97. The molecule has 1 amide bonds. The Labute approximate surface area is 84.1 Å². The molecule has 0 atom stereocenters. The summed E-state index contributed by atoms with van der Waals surface area (Å²) in [4.78, 5) is 11.2. The summed E-state index contributed by atoms with van der Waals surface area (Å²) in [5.74, 6) is 0.0513. The topological polar surface area (TPSA) is 61.4 Å². The van der Waals surface area contributed by atoms with Gasteiger partial charge < -0.3 is 15.7 Å². The van der Waals surface area contributed by atoms with Gasteiger partial charge in [-0.1, -0.05) is 0 Å². The molecule has 80 valence electrons. The van der Waals surface area contributed by atoms with Crippen LogP contribution in [-0.2, 0) is 4.79 Å². The number of aliphatic hydroxyl groups is 1. The monoisotopic (exact) mass is 198 g/mol. The molecule has 0 bridgehead atoms. The third kappa shape index (κ3) is 2.69. The highest BCUT2D eigenvalue weighted by atomic mass is 16.3. The van der Waals surface area contributed by atoms with E-state index in [9.17, 15) is 9.90 Å². The molecule has 0 radical (unpaired) electrons. The van der Waals surface area contributed by atoms with Crippen LogP contribution in [0.5, 0.6) is 0 Å². The molecule has 0 unspecified atom stereocenters. The number of rotatable bonds is 5. The van der Waals surface area contributed by atoms with Crippen LogP contribution in [0.3, 0.4) is 0 Å². The number of nitrogens with one attached hydrogen (secondary N) is 2. The summed E-state index contributed by atoms with van der Waals surface area (Å²) in [5, 5.41) is 15.6. The largest absolute Gasteiger partial charge is 0.389 e. The van der Waals surface area contributed by atoms with Gasteiger partial charge in [0.25, 0.3) is 0 Å². The highest BCUT2D eigenvalue weighted by molar-refractivity contribution is 5.78. The Morgan fingerprint density at radius 3 is 2.64 bits per heavy atom. The molecule has 0 aromatic rings. The highest BCUT2D eigenvalue weighted by Gasteiger charge is 2.33. The van der Waals surface area contributed by atoms with E-state index < -0.39 is 5.60 Å². The molecule has 2 fully saturated rings. The Bertz CT molecular complexity index is 222. The maximum atomic E-state index is 11.2. The molecule has 0 spiro atoms. The molecule has 2 saturated carbocycles. The van der Waals surface area contributed by atoms with Crippen LogP contribution in [0.15, 0.2) is 0 Å². The summed E-state index contributed by atoms with van der Waals surface area (Å²) >= 11 is 0. The van der Waals surface area contributed by atoms with Gasteiger partial charge >= 0.3 is 0 Å². The number of carbonyl (C=O) groups is 1. The Morgan fingerprint density at radius 1 is 1.43 bits per heavy atom. The zero-order chi connectivity index (χ0) is 10.0. The number of carbonyl (C=O) groups excluding carboxylic acids is 1. The van der Waals surface area contributed by atoms with Crippen molar-refractivity contribution < 1.29 is 9.90 Å². The van der Waals surface area contributed by atoms with Gasteiger partial charge in [0.05, 0.1) is 12.1 Å². The van der Waals surface area contributed by atoms with Crippen LogP contribution in [-0.4, -0.2) is 35.7 Å². The Balaban J connectivity index is 1.55. The summed E-state index contributed by atoms with van der Waals surface area (Å²) < 4.78 is 0. The first-order chi connectivity index (χ1) is 6.68. The van der Waals surface area contributed by atoms with E-state index in [1.54, 1.807) is 0 Å². The lowest BCUT2D eigenvalue weighted by atomic mass is 9.80. The second-order valence-electron chi connectivity index (χ2n) is 4.52. The summed E-state index contributed by atoms with van der Waals surface area (Å²) in [7, 11) is 0. The fourth-order valence-corrected chi connectivity index (χ4v) is 1.68. The SMILES string of the molecule is O=C(CNCC1(O)CCC1)NC1CC1. The average molecular weight is 198 g/mol. The molecule has 0 heterocycles. The first-order valence-corrected chi connectivity index (χ1v) is 5.40. The standard InChI is InChI=1S/C10H18N2O2/c13-9(12-8-2-3-8)6-11-7-10(14)4-1-5-10/h8,11,14H,1-7H2,(H,12,13). The molecule has 0 saturated heterocycles. The van der Waals surface area contributed by atoms with E-state index in [0.29, 0.717) is 19.1 Å². The minimum atomic E-state index is -0.528.